The van der Waals surface area contributed by atoms with Gasteiger partial charge in [-0.2, -0.15) is 0 Å². The van der Waals surface area contributed by atoms with E-state index in [9.17, 15) is 18.0 Å². The molecule has 2 aromatic rings. The van der Waals surface area contributed by atoms with Gasteiger partial charge in [0.1, 0.15) is 17.5 Å². The second kappa shape index (κ2) is 14.6. The summed E-state index contributed by atoms with van der Waals surface area (Å²) in [6, 6.07) is 13.4. The third kappa shape index (κ3) is 8.93. The fourth-order valence-electron chi connectivity index (χ4n) is 4.04. The summed E-state index contributed by atoms with van der Waals surface area (Å²) in [6.07, 6.45) is 2.75. The van der Waals surface area contributed by atoms with Crippen LogP contribution in [0.15, 0.2) is 48.5 Å². The van der Waals surface area contributed by atoms with E-state index in [0.717, 1.165) is 18.2 Å². The predicted molar refractivity (Wildman–Crippen MR) is 150 cm³/mol. The first kappa shape index (κ1) is 31.0. The molecule has 0 unspecified atom stereocenters. The number of nitrogens with one attached hydrogen (secondary N) is 1. The van der Waals surface area contributed by atoms with Crippen molar-refractivity contribution in [2.45, 2.75) is 65.1 Å². The zero-order valence-corrected chi connectivity index (χ0v) is 24.1. The molecule has 38 heavy (non-hydrogen) atoms. The van der Waals surface area contributed by atoms with Crippen molar-refractivity contribution in [1.29, 1.82) is 0 Å². The molecule has 10 heteroatoms. The van der Waals surface area contributed by atoms with Crippen molar-refractivity contribution in [3.05, 3.63) is 54.1 Å². The van der Waals surface area contributed by atoms with Crippen LogP contribution in [0.4, 0.5) is 5.69 Å². The lowest BCUT2D eigenvalue weighted by atomic mass is 10.1. The van der Waals surface area contributed by atoms with Crippen LogP contribution in [-0.4, -0.2) is 64.2 Å². The van der Waals surface area contributed by atoms with E-state index in [1.54, 1.807) is 43.4 Å². The van der Waals surface area contributed by atoms with Crippen molar-refractivity contribution >= 4 is 27.5 Å². The first-order valence-electron chi connectivity index (χ1n) is 12.9. The number of anilines is 1. The molecule has 0 aliphatic heterocycles. The molecule has 0 heterocycles. The lowest BCUT2D eigenvalue weighted by Gasteiger charge is -2.32. The largest absolute Gasteiger partial charge is 0.497 e. The third-order valence-electron chi connectivity index (χ3n) is 6.41. The van der Waals surface area contributed by atoms with Crippen molar-refractivity contribution in [3.8, 4) is 11.5 Å². The lowest BCUT2D eigenvalue weighted by molar-refractivity contribution is -0.141. The Morgan fingerprint density at radius 2 is 1.47 bits per heavy atom. The van der Waals surface area contributed by atoms with Gasteiger partial charge in [-0.05, 0) is 68.1 Å². The molecule has 2 atom stereocenters. The summed E-state index contributed by atoms with van der Waals surface area (Å²) >= 11 is 0. The maximum absolute atomic E-state index is 13.5. The van der Waals surface area contributed by atoms with E-state index in [1.807, 2.05) is 45.0 Å². The summed E-state index contributed by atoms with van der Waals surface area (Å²) in [7, 11) is -0.443. The highest BCUT2D eigenvalue weighted by Crippen LogP contribution is 2.23. The van der Waals surface area contributed by atoms with Gasteiger partial charge in [0.2, 0.25) is 21.8 Å². The van der Waals surface area contributed by atoms with E-state index in [4.69, 9.17) is 9.47 Å². The van der Waals surface area contributed by atoms with Crippen LogP contribution in [0, 0.1) is 0 Å². The molecule has 0 aliphatic rings. The monoisotopic (exact) mass is 547 g/mol. The molecule has 0 spiro atoms. The minimum atomic E-state index is -3.57. The molecule has 0 saturated carbocycles. The van der Waals surface area contributed by atoms with E-state index >= 15 is 0 Å². The lowest BCUT2D eigenvalue weighted by Crippen LogP contribution is -2.50. The van der Waals surface area contributed by atoms with Gasteiger partial charge in [-0.3, -0.25) is 13.9 Å². The Kier molecular flexibility index (Phi) is 11.9. The van der Waals surface area contributed by atoms with Crippen LogP contribution in [0.2, 0.25) is 0 Å². The summed E-state index contributed by atoms with van der Waals surface area (Å²) < 4.78 is 36.7. The van der Waals surface area contributed by atoms with Gasteiger partial charge in [0.15, 0.2) is 0 Å². The molecular formula is C28H41N3O6S. The Bertz CT molecular complexity index is 1140. The van der Waals surface area contributed by atoms with Gasteiger partial charge in [0, 0.05) is 25.6 Å². The van der Waals surface area contributed by atoms with Gasteiger partial charge >= 0.3 is 0 Å². The Balaban J connectivity index is 2.22. The van der Waals surface area contributed by atoms with Gasteiger partial charge in [0.05, 0.1) is 26.2 Å². The maximum Gasteiger partial charge on any atom is 0.243 e. The Labute approximate surface area is 227 Å². The number of benzene rings is 2. The number of hydrogen-bond donors (Lipinski definition) is 1. The van der Waals surface area contributed by atoms with Gasteiger partial charge < -0.3 is 19.7 Å². The van der Waals surface area contributed by atoms with Crippen molar-refractivity contribution in [1.82, 2.24) is 10.2 Å². The zero-order valence-electron chi connectivity index (χ0n) is 23.3. The number of amides is 2. The van der Waals surface area contributed by atoms with Crippen LogP contribution in [0.5, 0.6) is 11.5 Å². The number of carbonyl (C=O) groups excluding carboxylic acids is 2. The molecule has 0 bridgehead atoms. The molecule has 2 aromatic carbocycles. The number of ether oxygens (including phenoxy) is 2. The Morgan fingerprint density at radius 1 is 0.921 bits per heavy atom. The third-order valence-corrected chi connectivity index (χ3v) is 7.61. The minimum absolute atomic E-state index is 0.0118. The minimum Gasteiger partial charge on any atom is -0.497 e. The predicted octanol–water partition coefficient (Wildman–Crippen LogP) is 3.97. The van der Waals surface area contributed by atoms with E-state index in [1.165, 1.54) is 4.31 Å². The van der Waals surface area contributed by atoms with E-state index in [0.29, 0.717) is 30.0 Å². The van der Waals surface area contributed by atoms with Crippen molar-refractivity contribution in [2.24, 2.45) is 0 Å². The van der Waals surface area contributed by atoms with Gasteiger partial charge in [-0.25, -0.2) is 8.42 Å². The Hall–Kier alpha value is -3.27. The highest BCUT2D eigenvalue weighted by Gasteiger charge is 2.29. The average molecular weight is 548 g/mol. The van der Waals surface area contributed by atoms with Crippen molar-refractivity contribution in [2.75, 3.05) is 31.3 Å². The van der Waals surface area contributed by atoms with Crippen LogP contribution >= 0.6 is 0 Å². The SMILES string of the molecule is CC[C@H](C)NC(=O)[C@H](CC)N(Cc1ccc(OC)cc1)C(=O)CCCN(c1ccc(OC)cc1)S(C)(=O)=O. The molecule has 210 valence electrons. The highest BCUT2D eigenvalue weighted by molar-refractivity contribution is 7.92. The average Bonchev–Trinajstić information content (AvgIpc) is 2.90. The van der Waals surface area contributed by atoms with Gasteiger partial charge in [-0.15, -0.1) is 0 Å². The smallest absolute Gasteiger partial charge is 0.243 e. The zero-order chi connectivity index (χ0) is 28.3. The fraction of sp³-hybridized carbons (Fsp3) is 0.500. The molecule has 1 N–H and O–H groups in total. The highest BCUT2D eigenvalue weighted by atomic mass is 32.2. The fourth-order valence-corrected chi connectivity index (χ4v) is 5.01. The van der Waals surface area contributed by atoms with Crippen LogP contribution in [0.3, 0.4) is 0 Å². The number of rotatable bonds is 15. The normalized spacial score (nSPS) is 12.8. The van der Waals surface area contributed by atoms with Crippen LogP contribution in [-0.2, 0) is 26.2 Å². The van der Waals surface area contributed by atoms with Crippen LogP contribution in [0.25, 0.3) is 0 Å². The van der Waals surface area contributed by atoms with Crippen molar-refractivity contribution < 1.29 is 27.5 Å². The Morgan fingerprint density at radius 3 is 1.95 bits per heavy atom. The number of nitrogens with zero attached hydrogens (tertiary/aromatic N) is 2. The molecular weight excluding hydrogens is 506 g/mol. The molecule has 0 fully saturated rings. The first-order chi connectivity index (χ1) is 18.0. The van der Waals surface area contributed by atoms with Crippen molar-refractivity contribution in [3.63, 3.8) is 0 Å². The topological polar surface area (TPSA) is 105 Å². The number of methoxy groups -OCH3 is 2. The quantitative estimate of drug-likeness (QED) is 0.362. The standard InChI is InChI=1S/C28H41N3O6S/c1-7-21(3)29-28(33)26(8-2)30(20-22-11-15-24(36-4)16-12-22)27(32)10-9-19-31(38(6,34)35)23-13-17-25(37-5)18-14-23/h11-18,21,26H,7-10,19-20H2,1-6H3,(H,29,33)/t21-,26-/m0/s1. The molecule has 0 aliphatic carbocycles. The second-order valence-corrected chi connectivity index (χ2v) is 11.2. The molecule has 0 saturated heterocycles. The summed E-state index contributed by atoms with van der Waals surface area (Å²) in [5, 5.41) is 2.99. The molecule has 2 amide bonds. The van der Waals surface area contributed by atoms with Gasteiger partial charge in [-0.1, -0.05) is 26.0 Å². The maximum atomic E-state index is 13.5. The second-order valence-electron chi connectivity index (χ2n) is 9.25. The summed E-state index contributed by atoms with van der Waals surface area (Å²) in [5.74, 6) is 0.912. The molecule has 9 nitrogen and oxygen atoms in total. The van der Waals surface area contributed by atoms with E-state index in [-0.39, 0.29) is 37.4 Å². The first-order valence-corrected chi connectivity index (χ1v) is 14.7. The number of sulfonamides is 1. The van der Waals surface area contributed by atoms with E-state index in [2.05, 4.69) is 5.32 Å². The number of carbonyl (C=O) groups is 2. The van der Waals surface area contributed by atoms with Crippen LogP contribution < -0.4 is 19.1 Å². The molecule has 0 radical (unpaired) electrons. The van der Waals surface area contributed by atoms with Crippen LogP contribution in [0.1, 0.15) is 52.0 Å². The molecule has 2 rings (SSSR count). The number of hydrogen-bond acceptors (Lipinski definition) is 6. The molecule has 0 aromatic heterocycles. The van der Waals surface area contributed by atoms with Gasteiger partial charge in [0.25, 0.3) is 0 Å². The summed E-state index contributed by atoms with van der Waals surface area (Å²) in [5.41, 5.74) is 1.36. The summed E-state index contributed by atoms with van der Waals surface area (Å²) in [6.45, 7) is 6.18. The summed E-state index contributed by atoms with van der Waals surface area (Å²) in [4.78, 5) is 28.2. The van der Waals surface area contributed by atoms with E-state index < -0.39 is 16.1 Å².